The lowest BCUT2D eigenvalue weighted by Crippen LogP contribution is -2.28. The van der Waals surface area contributed by atoms with Gasteiger partial charge in [0.15, 0.2) is 0 Å². The molecule has 0 saturated heterocycles. The van der Waals surface area contributed by atoms with Crippen molar-refractivity contribution in [1.29, 1.82) is 0 Å². The Bertz CT molecular complexity index is 773. The number of hydrogen-bond acceptors (Lipinski definition) is 4. The second kappa shape index (κ2) is 6.20. The molecular formula is C15H14N2O4. The van der Waals surface area contributed by atoms with Gasteiger partial charge in [-0.3, -0.25) is 9.36 Å². The van der Waals surface area contributed by atoms with E-state index in [9.17, 15) is 9.59 Å². The van der Waals surface area contributed by atoms with Gasteiger partial charge in [0.05, 0.1) is 16.9 Å². The minimum Gasteiger partial charge on any atom is -0.480 e. The van der Waals surface area contributed by atoms with Gasteiger partial charge in [0, 0.05) is 0 Å². The van der Waals surface area contributed by atoms with Crippen molar-refractivity contribution in [2.75, 3.05) is 6.61 Å². The number of carboxylic acid groups (broad SMARTS) is 1. The van der Waals surface area contributed by atoms with Crippen LogP contribution in [0.1, 0.15) is 18.8 Å². The Morgan fingerprint density at radius 1 is 1.52 bits per heavy atom. The maximum absolute atomic E-state index is 12.5. The van der Waals surface area contributed by atoms with Crippen LogP contribution in [0.3, 0.4) is 0 Å². The molecule has 2 rings (SSSR count). The number of ether oxygens (including phenoxy) is 1. The summed E-state index contributed by atoms with van der Waals surface area (Å²) in [4.78, 5) is 27.4. The van der Waals surface area contributed by atoms with Crippen molar-refractivity contribution in [3.8, 4) is 12.3 Å². The molecule has 0 aliphatic heterocycles. The van der Waals surface area contributed by atoms with Gasteiger partial charge in [0.1, 0.15) is 19.0 Å². The molecule has 1 unspecified atom stereocenters. The van der Waals surface area contributed by atoms with E-state index < -0.39 is 18.6 Å². The van der Waals surface area contributed by atoms with Crippen LogP contribution in [0.4, 0.5) is 0 Å². The van der Waals surface area contributed by atoms with Crippen molar-refractivity contribution in [3.05, 3.63) is 40.4 Å². The Balaban J connectivity index is 2.53. The summed E-state index contributed by atoms with van der Waals surface area (Å²) >= 11 is 0. The number of benzene rings is 1. The molecule has 0 bridgehead atoms. The van der Waals surface area contributed by atoms with E-state index in [1.807, 2.05) is 0 Å². The average molecular weight is 286 g/mol. The minimum absolute atomic E-state index is 0.0988. The standard InChI is InChI=1S/C15H14N2O4/c1-3-10(2)17-13(8-21-9-14(18)19)16-12-7-5-4-6-11(12)15(17)20/h1,4-7,10H,8-9H2,2H3,(H,18,19). The Hall–Kier alpha value is -2.65. The first-order valence-corrected chi connectivity index (χ1v) is 6.30. The van der Waals surface area contributed by atoms with E-state index in [4.69, 9.17) is 16.3 Å². The normalized spacial score (nSPS) is 12.0. The van der Waals surface area contributed by atoms with Crippen LogP contribution in [0.5, 0.6) is 0 Å². The lowest BCUT2D eigenvalue weighted by molar-refractivity contribution is -0.142. The summed E-state index contributed by atoms with van der Waals surface area (Å²) in [6.07, 6.45) is 5.39. The van der Waals surface area contributed by atoms with Crippen LogP contribution in [0.2, 0.25) is 0 Å². The van der Waals surface area contributed by atoms with Crippen molar-refractivity contribution < 1.29 is 14.6 Å². The van der Waals surface area contributed by atoms with E-state index in [2.05, 4.69) is 10.9 Å². The summed E-state index contributed by atoms with van der Waals surface area (Å²) in [6.45, 7) is 1.13. The summed E-state index contributed by atoms with van der Waals surface area (Å²) in [7, 11) is 0. The summed E-state index contributed by atoms with van der Waals surface area (Å²) in [5, 5.41) is 9.06. The first kappa shape index (κ1) is 14.8. The zero-order chi connectivity index (χ0) is 15.4. The number of carbonyl (C=O) groups is 1. The molecule has 1 atom stereocenters. The van der Waals surface area contributed by atoms with Crippen LogP contribution < -0.4 is 5.56 Å². The van der Waals surface area contributed by atoms with Crippen LogP contribution >= 0.6 is 0 Å². The molecule has 0 spiro atoms. The molecular weight excluding hydrogens is 272 g/mol. The van der Waals surface area contributed by atoms with Crippen molar-refractivity contribution >= 4 is 16.9 Å². The van der Waals surface area contributed by atoms with Crippen LogP contribution in [-0.2, 0) is 16.1 Å². The molecule has 1 aromatic heterocycles. The number of terminal acetylenes is 1. The van der Waals surface area contributed by atoms with Crippen molar-refractivity contribution in [2.24, 2.45) is 0 Å². The third kappa shape index (κ3) is 3.09. The van der Waals surface area contributed by atoms with Crippen LogP contribution in [-0.4, -0.2) is 27.2 Å². The molecule has 1 N–H and O–H groups in total. The first-order chi connectivity index (χ1) is 10.0. The lowest BCUT2D eigenvalue weighted by atomic mass is 10.2. The van der Waals surface area contributed by atoms with Crippen LogP contribution in [0, 0.1) is 12.3 Å². The van der Waals surface area contributed by atoms with E-state index in [-0.39, 0.29) is 12.2 Å². The van der Waals surface area contributed by atoms with Crippen LogP contribution in [0.15, 0.2) is 29.1 Å². The van der Waals surface area contributed by atoms with Gasteiger partial charge in [-0.25, -0.2) is 9.78 Å². The fourth-order valence-electron chi connectivity index (χ4n) is 2.00. The molecule has 6 nitrogen and oxygen atoms in total. The number of carboxylic acids is 1. The lowest BCUT2D eigenvalue weighted by Gasteiger charge is -2.15. The summed E-state index contributed by atoms with van der Waals surface area (Å²) < 4.78 is 6.38. The number of aromatic nitrogens is 2. The Labute approximate surface area is 121 Å². The highest BCUT2D eigenvalue weighted by Gasteiger charge is 2.14. The number of hydrogen-bond donors (Lipinski definition) is 1. The van der Waals surface area contributed by atoms with E-state index in [0.717, 1.165) is 0 Å². The highest BCUT2D eigenvalue weighted by molar-refractivity contribution is 5.77. The summed E-state index contributed by atoms with van der Waals surface area (Å²) in [5.41, 5.74) is 0.261. The third-order valence-electron chi connectivity index (χ3n) is 2.97. The van der Waals surface area contributed by atoms with Gasteiger partial charge in [-0.2, -0.15) is 0 Å². The van der Waals surface area contributed by atoms with Crippen LogP contribution in [0.25, 0.3) is 10.9 Å². The van der Waals surface area contributed by atoms with E-state index in [1.54, 1.807) is 31.2 Å². The fourth-order valence-corrected chi connectivity index (χ4v) is 2.00. The number of nitrogens with zero attached hydrogens (tertiary/aromatic N) is 2. The zero-order valence-corrected chi connectivity index (χ0v) is 11.4. The monoisotopic (exact) mass is 286 g/mol. The van der Waals surface area contributed by atoms with E-state index >= 15 is 0 Å². The third-order valence-corrected chi connectivity index (χ3v) is 2.97. The highest BCUT2D eigenvalue weighted by atomic mass is 16.5. The second-order valence-electron chi connectivity index (χ2n) is 4.45. The molecule has 0 fully saturated rings. The van der Waals surface area contributed by atoms with Crippen molar-refractivity contribution in [1.82, 2.24) is 9.55 Å². The smallest absolute Gasteiger partial charge is 0.329 e. The molecule has 21 heavy (non-hydrogen) atoms. The topological polar surface area (TPSA) is 81.4 Å². The quantitative estimate of drug-likeness (QED) is 0.835. The van der Waals surface area contributed by atoms with Gasteiger partial charge >= 0.3 is 5.97 Å². The van der Waals surface area contributed by atoms with Gasteiger partial charge in [-0.1, -0.05) is 18.1 Å². The molecule has 0 radical (unpaired) electrons. The summed E-state index contributed by atoms with van der Waals surface area (Å²) in [5.74, 6) is 1.70. The molecule has 1 heterocycles. The first-order valence-electron chi connectivity index (χ1n) is 6.30. The zero-order valence-electron chi connectivity index (χ0n) is 11.4. The second-order valence-corrected chi connectivity index (χ2v) is 4.45. The molecule has 2 aromatic rings. The molecule has 0 amide bonds. The maximum atomic E-state index is 12.5. The number of fused-ring (bicyclic) bond motifs is 1. The largest absolute Gasteiger partial charge is 0.480 e. The minimum atomic E-state index is -1.09. The Kier molecular flexibility index (Phi) is 4.36. The molecule has 0 aliphatic carbocycles. The predicted octanol–water partition coefficient (Wildman–Crippen LogP) is 1.19. The Morgan fingerprint density at radius 3 is 2.90 bits per heavy atom. The maximum Gasteiger partial charge on any atom is 0.329 e. The van der Waals surface area contributed by atoms with E-state index in [0.29, 0.717) is 16.7 Å². The fraction of sp³-hybridized carbons (Fsp3) is 0.267. The molecule has 0 aliphatic rings. The van der Waals surface area contributed by atoms with Gasteiger partial charge < -0.3 is 9.84 Å². The predicted molar refractivity (Wildman–Crippen MR) is 76.8 cm³/mol. The van der Waals surface area contributed by atoms with E-state index in [1.165, 1.54) is 4.57 Å². The highest BCUT2D eigenvalue weighted by Crippen LogP contribution is 2.12. The number of para-hydroxylation sites is 1. The molecule has 0 saturated carbocycles. The van der Waals surface area contributed by atoms with Gasteiger partial charge in [0.25, 0.3) is 5.56 Å². The molecule has 1 aromatic carbocycles. The summed E-state index contributed by atoms with van der Waals surface area (Å²) in [6, 6.07) is 6.40. The average Bonchev–Trinajstić information content (AvgIpc) is 2.46. The molecule has 108 valence electrons. The SMILES string of the molecule is C#CC(C)n1c(COCC(=O)O)nc2ccccc2c1=O. The van der Waals surface area contributed by atoms with Gasteiger partial charge in [-0.15, -0.1) is 6.42 Å². The number of aliphatic carboxylic acids is 1. The van der Waals surface area contributed by atoms with Gasteiger partial charge in [-0.05, 0) is 19.1 Å². The molecule has 6 heteroatoms. The van der Waals surface area contributed by atoms with Gasteiger partial charge in [0.2, 0.25) is 0 Å². The van der Waals surface area contributed by atoms with Crippen molar-refractivity contribution in [2.45, 2.75) is 19.6 Å². The van der Waals surface area contributed by atoms with Crippen molar-refractivity contribution in [3.63, 3.8) is 0 Å². The Morgan fingerprint density at radius 2 is 2.24 bits per heavy atom. The number of rotatable bonds is 5.